The second-order valence-electron chi connectivity index (χ2n) is 10.7. The Morgan fingerprint density at radius 3 is 2.23 bits per heavy atom. The van der Waals surface area contributed by atoms with Crippen LogP contribution < -0.4 is 19.7 Å². The molecule has 0 aromatic heterocycles. The zero-order valence-corrected chi connectivity index (χ0v) is 26.0. The summed E-state index contributed by atoms with van der Waals surface area (Å²) in [5.41, 5.74) is 3.78. The molecule has 1 amide bonds. The number of carbonyl (C=O) groups excluding carboxylic acids is 1. The van der Waals surface area contributed by atoms with E-state index in [0.29, 0.717) is 37.2 Å². The number of rotatable bonds is 16. The van der Waals surface area contributed by atoms with Crippen LogP contribution >= 0.6 is 0 Å². The summed E-state index contributed by atoms with van der Waals surface area (Å²) >= 11 is 0. The minimum atomic E-state index is -3.49. The lowest BCUT2D eigenvalue weighted by molar-refractivity contribution is 0.0830. The number of aliphatic hydroxyl groups excluding tert-OH is 1. The predicted molar refractivity (Wildman–Crippen MR) is 175 cm³/mol. The van der Waals surface area contributed by atoms with E-state index in [1.54, 1.807) is 31.2 Å². The molecule has 4 rings (SSSR count). The molecule has 0 fully saturated rings. The monoisotopic (exact) mass is 615 g/mol. The Morgan fingerprint density at radius 1 is 0.864 bits per heavy atom. The summed E-state index contributed by atoms with van der Waals surface area (Å²) in [6, 6.07) is 33.4. The van der Waals surface area contributed by atoms with Gasteiger partial charge in [0.15, 0.2) is 0 Å². The van der Waals surface area contributed by atoms with Crippen molar-refractivity contribution in [3.05, 3.63) is 131 Å². The summed E-state index contributed by atoms with van der Waals surface area (Å²) in [5.74, 6) is 0.387. The van der Waals surface area contributed by atoms with Gasteiger partial charge in [-0.3, -0.25) is 9.10 Å². The molecule has 44 heavy (non-hydrogen) atoms. The molecule has 0 aliphatic heterocycles. The van der Waals surface area contributed by atoms with E-state index in [9.17, 15) is 18.3 Å². The molecule has 2 atom stereocenters. The van der Waals surface area contributed by atoms with Crippen LogP contribution in [0.2, 0.25) is 0 Å². The maximum atomic E-state index is 13.4. The van der Waals surface area contributed by atoms with Gasteiger partial charge in [-0.05, 0) is 59.9 Å². The van der Waals surface area contributed by atoms with Crippen LogP contribution in [0.4, 0.5) is 5.69 Å². The SMILES string of the molecule is CCCS(=O)(=O)N(C)c1cccc(C(=O)N[C@@H](Cc2ccccc2)[C@@H](O)CNCc2cccc(OCc3ccccc3)c2)c1. The van der Waals surface area contributed by atoms with Gasteiger partial charge in [-0.15, -0.1) is 0 Å². The van der Waals surface area contributed by atoms with Gasteiger partial charge in [-0.2, -0.15) is 0 Å². The highest BCUT2D eigenvalue weighted by Crippen LogP contribution is 2.20. The van der Waals surface area contributed by atoms with Crippen LogP contribution in [0, 0.1) is 0 Å². The Bertz CT molecular complexity index is 1580. The van der Waals surface area contributed by atoms with Crippen molar-refractivity contribution in [1.82, 2.24) is 10.6 Å². The lowest BCUT2D eigenvalue weighted by atomic mass is 10.00. The summed E-state index contributed by atoms with van der Waals surface area (Å²) in [6.07, 6.45) is 0.0169. The Morgan fingerprint density at radius 2 is 1.52 bits per heavy atom. The highest BCUT2D eigenvalue weighted by Gasteiger charge is 2.24. The van der Waals surface area contributed by atoms with Gasteiger partial charge in [0.2, 0.25) is 10.0 Å². The summed E-state index contributed by atoms with van der Waals surface area (Å²) in [7, 11) is -2.00. The topological polar surface area (TPSA) is 108 Å². The smallest absolute Gasteiger partial charge is 0.251 e. The van der Waals surface area contributed by atoms with E-state index >= 15 is 0 Å². The average Bonchev–Trinajstić information content (AvgIpc) is 3.04. The molecule has 0 aliphatic rings. The molecule has 232 valence electrons. The van der Waals surface area contributed by atoms with Crippen LogP contribution in [-0.4, -0.2) is 50.9 Å². The van der Waals surface area contributed by atoms with Crippen molar-refractivity contribution in [2.24, 2.45) is 0 Å². The van der Waals surface area contributed by atoms with Gasteiger partial charge in [0.25, 0.3) is 5.91 Å². The number of nitrogens with zero attached hydrogens (tertiary/aromatic N) is 1. The normalized spacial score (nSPS) is 12.7. The van der Waals surface area contributed by atoms with E-state index < -0.39 is 28.1 Å². The van der Waals surface area contributed by atoms with E-state index in [4.69, 9.17) is 4.74 Å². The van der Waals surface area contributed by atoms with E-state index in [1.807, 2.05) is 84.9 Å². The zero-order chi connectivity index (χ0) is 31.4. The number of benzene rings is 4. The number of hydrogen-bond acceptors (Lipinski definition) is 6. The summed E-state index contributed by atoms with van der Waals surface area (Å²) < 4.78 is 32.3. The molecule has 0 heterocycles. The Hall–Kier alpha value is -4.18. The van der Waals surface area contributed by atoms with Crippen molar-refractivity contribution in [2.45, 2.75) is 45.1 Å². The molecule has 4 aromatic carbocycles. The van der Waals surface area contributed by atoms with Crippen LogP contribution in [0.15, 0.2) is 109 Å². The molecular formula is C35H41N3O5S. The summed E-state index contributed by atoms with van der Waals surface area (Å²) in [6.45, 7) is 3.03. The van der Waals surface area contributed by atoms with Crippen LogP contribution in [-0.2, 0) is 29.6 Å². The molecule has 0 radical (unpaired) electrons. The number of aliphatic hydroxyl groups is 1. The minimum Gasteiger partial charge on any atom is -0.489 e. The first-order valence-corrected chi connectivity index (χ1v) is 16.4. The first-order valence-electron chi connectivity index (χ1n) is 14.8. The maximum Gasteiger partial charge on any atom is 0.251 e. The third-order valence-corrected chi connectivity index (χ3v) is 9.23. The Balaban J connectivity index is 1.39. The molecule has 0 spiro atoms. The van der Waals surface area contributed by atoms with Gasteiger partial charge in [-0.1, -0.05) is 85.8 Å². The van der Waals surface area contributed by atoms with Crippen LogP contribution in [0.1, 0.15) is 40.4 Å². The second kappa shape index (κ2) is 16.0. The minimum absolute atomic E-state index is 0.0171. The molecule has 0 unspecified atom stereocenters. The molecular weight excluding hydrogens is 574 g/mol. The van der Waals surface area contributed by atoms with Crippen molar-refractivity contribution < 1.29 is 23.1 Å². The van der Waals surface area contributed by atoms with Crippen LogP contribution in [0.3, 0.4) is 0 Å². The maximum absolute atomic E-state index is 13.4. The Kier molecular flexibility index (Phi) is 11.9. The molecule has 0 bridgehead atoms. The van der Waals surface area contributed by atoms with Crippen molar-refractivity contribution >= 4 is 21.6 Å². The van der Waals surface area contributed by atoms with Crippen molar-refractivity contribution in [3.63, 3.8) is 0 Å². The van der Waals surface area contributed by atoms with Crippen molar-refractivity contribution in [1.29, 1.82) is 0 Å². The van der Waals surface area contributed by atoms with Gasteiger partial charge < -0.3 is 20.5 Å². The van der Waals surface area contributed by atoms with Gasteiger partial charge in [-0.25, -0.2) is 8.42 Å². The quantitative estimate of drug-likeness (QED) is 0.165. The standard InChI is InChI=1S/C35H41N3O5S/c1-3-20-44(41,42)38(2)31-18-11-17-30(23-31)35(40)37-33(22-27-12-6-4-7-13-27)34(39)25-36-24-29-16-10-19-32(21-29)43-26-28-14-8-5-9-15-28/h4-19,21,23,33-34,36,39H,3,20,22,24-26H2,1-2H3,(H,37,40)/t33-,34-/m0/s1. The average molecular weight is 616 g/mol. The van der Waals surface area contributed by atoms with Gasteiger partial charge in [0.1, 0.15) is 12.4 Å². The molecule has 8 nitrogen and oxygen atoms in total. The zero-order valence-electron chi connectivity index (χ0n) is 25.2. The molecule has 0 saturated heterocycles. The molecule has 0 saturated carbocycles. The van der Waals surface area contributed by atoms with Gasteiger partial charge >= 0.3 is 0 Å². The number of sulfonamides is 1. The van der Waals surface area contributed by atoms with Crippen molar-refractivity contribution in [3.8, 4) is 5.75 Å². The Labute approximate surface area is 260 Å². The van der Waals surface area contributed by atoms with E-state index in [2.05, 4.69) is 10.6 Å². The predicted octanol–water partition coefficient (Wildman–Crippen LogP) is 4.93. The van der Waals surface area contributed by atoms with E-state index in [-0.39, 0.29) is 12.3 Å². The fourth-order valence-corrected chi connectivity index (χ4v) is 6.02. The van der Waals surface area contributed by atoms with Crippen LogP contribution in [0.5, 0.6) is 5.75 Å². The third kappa shape index (κ3) is 9.67. The summed E-state index contributed by atoms with van der Waals surface area (Å²) in [5, 5.41) is 17.5. The first-order chi connectivity index (χ1) is 21.2. The lowest BCUT2D eigenvalue weighted by Gasteiger charge is -2.25. The van der Waals surface area contributed by atoms with Crippen molar-refractivity contribution in [2.75, 3.05) is 23.7 Å². The number of amides is 1. The number of nitrogens with one attached hydrogen (secondary N) is 2. The second-order valence-corrected chi connectivity index (χ2v) is 12.8. The highest BCUT2D eigenvalue weighted by atomic mass is 32.2. The molecule has 4 aromatic rings. The number of ether oxygens (including phenoxy) is 1. The van der Waals surface area contributed by atoms with Gasteiger partial charge in [0, 0.05) is 25.7 Å². The third-order valence-electron chi connectivity index (χ3n) is 7.26. The lowest BCUT2D eigenvalue weighted by Crippen LogP contribution is -2.48. The highest BCUT2D eigenvalue weighted by molar-refractivity contribution is 7.92. The molecule has 3 N–H and O–H groups in total. The van der Waals surface area contributed by atoms with Crippen LogP contribution in [0.25, 0.3) is 0 Å². The largest absolute Gasteiger partial charge is 0.489 e. The summed E-state index contributed by atoms with van der Waals surface area (Å²) in [4.78, 5) is 13.4. The molecule has 9 heteroatoms. The molecule has 0 aliphatic carbocycles. The fraction of sp³-hybridized carbons (Fsp3) is 0.286. The number of carbonyl (C=O) groups is 1. The van der Waals surface area contributed by atoms with E-state index in [0.717, 1.165) is 22.4 Å². The first kappa shape index (κ1) is 32.7. The fourth-order valence-electron chi connectivity index (χ4n) is 4.79. The van der Waals surface area contributed by atoms with E-state index in [1.165, 1.54) is 11.4 Å². The number of hydrogen-bond donors (Lipinski definition) is 3. The van der Waals surface area contributed by atoms with Gasteiger partial charge in [0.05, 0.1) is 23.6 Å². The number of anilines is 1.